The van der Waals surface area contributed by atoms with E-state index in [1.54, 1.807) is 0 Å². The average Bonchev–Trinajstić information content (AvgIpc) is 2.47. The molecule has 4 nitrogen and oxygen atoms in total. The number of hydrogen-bond donors (Lipinski definition) is 1. The van der Waals surface area contributed by atoms with Crippen LogP contribution in [0.1, 0.15) is 36.5 Å². The van der Waals surface area contributed by atoms with Gasteiger partial charge in [0.15, 0.2) is 0 Å². The van der Waals surface area contributed by atoms with E-state index in [-0.39, 0.29) is 17.9 Å². The quantitative estimate of drug-likeness (QED) is 0.812. The van der Waals surface area contributed by atoms with Gasteiger partial charge in [0.25, 0.3) is 5.91 Å². The highest BCUT2D eigenvalue weighted by Crippen LogP contribution is 2.18. The molecule has 0 radical (unpaired) electrons. The van der Waals surface area contributed by atoms with Crippen LogP contribution in [0.25, 0.3) is 0 Å². The minimum atomic E-state index is 0.0543. The van der Waals surface area contributed by atoms with E-state index in [2.05, 4.69) is 27.9 Å². The van der Waals surface area contributed by atoms with Crippen LogP contribution < -0.4 is 5.32 Å². The van der Waals surface area contributed by atoms with Gasteiger partial charge in [0.2, 0.25) is 5.91 Å². The molecule has 20 heavy (non-hydrogen) atoms. The SMILES string of the molecule is CCC(=O)NC1CCCN(C(=O)c2ccccc2I)C1. The highest BCUT2D eigenvalue weighted by atomic mass is 127. The third kappa shape index (κ3) is 3.71. The zero-order valence-electron chi connectivity index (χ0n) is 11.6. The highest BCUT2D eigenvalue weighted by molar-refractivity contribution is 14.1. The Balaban J connectivity index is 2.03. The van der Waals surface area contributed by atoms with Crippen molar-refractivity contribution in [3.05, 3.63) is 33.4 Å². The predicted molar refractivity (Wildman–Crippen MR) is 86.5 cm³/mol. The van der Waals surface area contributed by atoms with Gasteiger partial charge in [-0.1, -0.05) is 19.1 Å². The second-order valence-corrected chi connectivity index (χ2v) is 6.15. The number of carbonyl (C=O) groups is 2. The summed E-state index contributed by atoms with van der Waals surface area (Å²) in [5.74, 6) is 0.115. The number of benzene rings is 1. The lowest BCUT2D eigenvalue weighted by Gasteiger charge is -2.33. The summed E-state index contributed by atoms with van der Waals surface area (Å²) in [4.78, 5) is 25.8. The molecule has 0 spiro atoms. The summed E-state index contributed by atoms with van der Waals surface area (Å²) < 4.78 is 0.967. The molecule has 1 heterocycles. The number of rotatable bonds is 3. The van der Waals surface area contributed by atoms with Crippen molar-refractivity contribution >= 4 is 34.4 Å². The van der Waals surface area contributed by atoms with Crippen LogP contribution in [0, 0.1) is 3.57 Å². The lowest BCUT2D eigenvalue weighted by molar-refractivity contribution is -0.121. The lowest BCUT2D eigenvalue weighted by atomic mass is 10.0. The van der Waals surface area contributed by atoms with Crippen LogP contribution in [0.3, 0.4) is 0 Å². The Bertz CT molecular complexity index is 504. The van der Waals surface area contributed by atoms with Crippen LogP contribution in [0.4, 0.5) is 0 Å². The minimum absolute atomic E-state index is 0.0543. The number of amides is 2. The van der Waals surface area contributed by atoms with E-state index >= 15 is 0 Å². The van der Waals surface area contributed by atoms with Crippen molar-refractivity contribution in [3.63, 3.8) is 0 Å². The van der Waals surface area contributed by atoms with Crippen molar-refractivity contribution in [1.29, 1.82) is 0 Å². The second kappa shape index (κ2) is 7.06. The van der Waals surface area contributed by atoms with E-state index in [1.807, 2.05) is 36.1 Å². The first-order chi connectivity index (χ1) is 9.61. The Morgan fingerprint density at radius 1 is 1.40 bits per heavy atom. The molecule has 1 atom stereocenters. The topological polar surface area (TPSA) is 49.4 Å². The molecule has 1 saturated heterocycles. The van der Waals surface area contributed by atoms with Crippen molar-refractivity contribution in [3.8, 4) is 0 Å². The molecule has 1 aliphatic heterocycles. The molecule has 2 rings (SSSR count). The Hall–Kier alpha value is -1.11. The molecule has 0 bridgehead atoms. The largest absolute Gasteiger partial charge is 0.352 e. The zero-order chi connectivity index (χ0) is 14.5. The van der Waals surface area contributed by atoms with Crippen molar-refractivity contribution < 1.29 is 9.59 Å². The van der Waals surface area contributed by atoms with Gasteiger partial charge in [0, 0.05) is 29.1 Å². The van der Waals surface area contributed by atoms with Crippen molar-refractivity contribution in [2.45, 2.75) is 32.2 Å². The summed E-state index contributed by atoms with van der Waals surface area (Å²) in [5.41, 5.74) is 0.746. The molecule has 0 aromatic heterocycles. The molecule has 1 aliphatic rings. The number of piperidine rings is 1. The first kappa shape index (κ1) is 15.3. The minimum Gasteiger partial charge on any atom is -0.352 e. The van der Waals surface area contributed by atoms with Gasteiger partial charge in [0.1, 0.15) is 0 Å². The molecule has 1 fully saturated rings. The van der Waals surface area contributed by atoms with E-state index in [0.29, 0.717) is 13.0 Å². The summed E-state index contributed by atoms with van der Waals surface area (Å²) in [7, 11) is 0. The number of likely N-dealkylation sites (tertiary alicyclic amines) is 1. The molecule has 1 unspecified atom stereocenters. The van der Waals surface area contributed by atoms with Gasteiger partial charge in [-0.2, -0.15) is 0 Å². The van der Waals surface area contributed by atoms with E-state index in [0.717, 1.165) is 28.5 Å². The van der Waals surface area contributed by atoms with Crippen LogP contribution in [0.5, 0.6) is 0 Å². The summed E-state index contributed by atoms with van der Waals surface area (Å²) >= 11 is 2.19. The fourth-order valence-electron chi connectivity index (χ4n) is 2.41. The van der Waals surface area contributed by atoms with Gasteiger partial charge >= 0.3 is 0 Å². The number of halogens is 1. The van der Waals surface area contributed by atoms with Crippen LogP contribution in [-0.4, -0.2) is 35.8 Å². The first-order valence-corrected chi connectivity index (χ1v) is 8.03. The van der Waals surface area contributed by atoms with Crippen molar-refractivity contribution in [1.82, 2.24) is 10.2 Å². The molecular formula is C15H19IN2O2. The normalized spacial score (nSPS) is 18.7. The summed E-state index contributed by atoms with van der Waals surface area (Å²) in [6, 6.07) is 7.70. The van der Waals surface area contributed by atoms with Gasteiger partial charge in [-0.15, -0.1) is 0 Å². The maximum absolute atomic E-state index is 12.5. The number of nitrogens with zero attached hydrogens (tertiary/aromatic N) is 1. The van der Waals surface area contributed by atoms with Crippen LogP contribution in [-0.2, 0) is 4.79 Å². The maximum atomic E-state index is 12.5. The molecule has 2 amide bonds. The Kier molecular flexibility index (Phi) is 5.39. The van der Waals surface area contributed by atoms with Crippen molar-refractivity contribution in [2.24, 2.45) is 0 Å². The van der Waals surface area contributed by atoms with Crippen molar-refractivity contribution in [2.75, 3.05) is 13.1 Å². The fraction of sp³-hybridized carbons (Fsp3) is 0.467. The molecule has 0 saturated carbocycles. The summed E-state index contributed by atoms with van der Waals surface area (Å²) in [5, 5.41) is 2.98. The average molecular weight is 386 g/mol. The molecule has 5 heteroatoms. The monoisotopic (exact) mass is 386 g/mol. The first-order valence-electron chi connectivity index (χ1n) is 6.95. The number of carbonyl (C=O) groups excluding carboxylic acids is 2. The van der Waals surface area contributed by atoms with Gasteiger partial charge in [0.05, 0.1) is 5.56 Å². The summed E-state index contributed by atoms with van der Waals surface area (Å²) in [6.45, 7) is 3.21. The standard InChI is InChI=1S/C15H19IN2O2/c1-2-14(19)17-11-6-5-9-18(10-11)15(20)12-7-3-4-8-13(12)16/h3-4,7-8,11H,2,5-6,9-10H2,1H3,(H,17,19). The lowest BCUT2D eigenvalue weighted by Crippen LogP contribution is -2.49. The molecule has 1 aromatic carbocycles. The molecule has 108 valence electrons. The van der Waals surface area contributed by atoms with Gasteiger partial charge in [-0.05, 0) is 47.6 Å². The Morgan fingerprint density at radius 2 is 2.15 bits per heavy atom. The highest BCUT2D eigenvalue weighted by Gasteiger charge is 2.25. The second-order valence-electron chi connectivity index (χ2n) is 4.99. The van der Waals surface area contributed by atoms with Crippen LogP contribution in [0.15, 0.2) is 24.3 Å². The smallest absolute Gasteiger partial charge is 0.254 e. The van der Waals surface area contributed by atoms with E-state index in [9.17, 15) is 9.59 Å². The number of hydrogen-bond acceptors (Lipinski definition) is 2. The van der Waals surface area contributed by atoms with Gasteiger partial charge in [-0.3, -0.25) is 9.59 Å². The van der Waals surface area contributed by atoms with E-state index in [1.165, 1.54) is 0 Å². The van der Waals surface area contributed by atoms with E-state index in [4.69, 9.17) is 0 Å². The summed E-state index contributed by atoms with van der Waals surface area (Å²) in [6.07, 6.45) is 2.37. The third-order valence-electron chi connectivity index (χ3n) is 3.50. The molecule has 0 aliphatic carbocycles. The number of nitrogens with one attached hydrogen (secondary N) is 1. The van der Waals surface area contributed by atoms with Crippen LogP contribution >= 0.6 is 22.6 Å². The van der Waals surface area contributed by atoms with Crippen LogP contribution in [0.2, 0.25) is 0 Å². The third-order valence-corrected chi connectivity index (χ3v) is 4.44. The molecule has 1 aromatic rings. The zero-order valence-corrected chi connectivity index (χ0v) is 13.7. The Morgan fingerprint density at radius 3 is 2.85 bits per heavy atom. The predicted octanol–water partition coefficient (Wildman–Crippen LogP) is 2.42. The maximum Gasteiger partial charge on any atom is 0.254 e. The molecular weight excluding hydrogens is 367 g/mol. The Labute approximate surface area is 133 Å². The fourth-order valence-corrected chi connectivity index (χ4v) is 3.03. The van der Waals surface area contributed by atoms with Gasteiger partial charge < -0.3 is 10.2 Å². The van der Waals surface area contributed by atoms with E-state index < -0.39 is 0 Å². The molecule has 1 N–H and O–H groups in total. The van der Waals surface area contributed by atoms with Gasteiger partial charge in [-0.25, -0.2) is 0 Å².